The van der Waals surface area contributed by atoms with Crippen LogP contribution in [0.1, 0.15) is 61.0 Å². The monoisotopic (exact) mass is 289 g/mol. The summed E-state index contributed by atoms with van der Waals surface area (Å²) < 4.78 is 2.05. The van der Waals surface area contributed by atoms with Gasteiger partial charge in [-0.25, -0.2) is 4.79 Å². The lowest BCUT2D eigenvalue weighted by molar-refractivity contribution is 0.0697. The van der Waals surface area contributed by atoms with Crippen LogP contribution in [-0.4, -0.2) is 20.7 Å². The van der Waals surface area contributed by atoms with Crippen LogP contribution in [0.4, 0.5) is 0 Å². The summed E-state index contributed by atoms with van der Waals surface area (Å²) in [5.41, 5.74) is 3.84. The van der Waals surface area contributed by atoms with Gasteiger partial charge >= 0.3 is 5.97 Å². The summed E-state index contributed by atoms with van der Waals surface area (Å²) in [5.74, 6) is -0.944. The first-order valence-corrected chi connectivity index (χ1v) is 7.10. The molecule has 1 aromatic heterocycles. The van der Waals surface area contributed by atoms with E-state index in [-0.39, 0.29) is 11.0 Å². The fourth-order valence-corrected chi connectivity index (χ4v) is 2.97. The minimum absolute atomic E-state index is 0.182. The summed E-state index contributed by atoms with van der Waals surface area (Å²) in [7, 11) is 1.96. The molecule has 4 nitrogen and oxygen atoms in total. The van der Waals surface area contributed by atoms with E-state index in [9.17, 15) is 15.0 Å². The number of benzene rings is 1. The molecule has 0 spiro atoms. The molecule has 0 amide bonds. The molecule has 0 aliphatic heterocycles. The van der Waals surface area contributed by atoms with E-state index in [0.717, 1.165) is 27.7 Å². The number of aromatic carboxylic acids is 1. The van der Waals surface area contributed by atoms with Gasteiger partial charge in [-0.3, -0.25) is 0 Å². The third-order valence-electron chi connectivity index (χ3n) is 4.10. The molecule has 0 bridgehead atoms. The Balaban J connectivity index is 3.02. The van der Waals surface area contributed by atoms with E-state index in [1.807, 2.05) is 18.5 Å². The number of aromatic nitrogens is 1. The van der Waals surface area contributed by atoms with Crippen molar-refractivity contribution in [1.82, 2.24) is 4.57 Å². The second-order valence-electron chi connectivity index (χ2n) is 6.71. The van der Waals surface area contributed by atoms with E-state index in [1.165, 1.54) is 0 Å². The number of aliphatic hydroxyl groups is 1. The molecular formula is C17H23NO3. The van der Waals surface area contributed by atoms with Crippen molar-refractivity contribution in [2.24, 2.45) is 7.05 Å². The average Bonchev–Trinajstić information content (AvgIpc) is 2.59. The van der Waals surface area contributed by atoms with Gasteiger partial charge in [0.05, 0.1) is 17.2 Å². The Hall–Kier alpha value is -1.81. The van der Waals surface area contributed by atoms with Crippen LogP contribution in [0.25, 0.3) is 10.9 Å². The highest BCUT2D eigenvalue weighted by atomic mass is 16.4. The largest absolute Gasteiger partial charge is 0.478 e. The van der Waals surface area contributed by atoms with Crippen LogP contribution in [0, 0.1) is 6.92 Å². The van der Waals surface area contributed by atoms with Crippen molar-refractivity contribution in [1.29, 1.82) is 0 Å². The third kappa shape index (κ3) is 2.44. The molecule has 0 fully saturated rings. The van der Waals surface area contributed by atoms with E-state index >= 15 is 0 Å². The zero-order chi connectivity index (χ0) is 16.1. The molecule has 21 heavy (non-hydrogen) atoms. The average molecular weight is 289 g/mol. The van der Waals surface area contributed by atoms with E-state index < -0.39 is 12.1 Å². The van der Waals surface area contributed by atoms with Crippen molar-refractivity contribution in [3.63, 3.8) is 0 Å². The van der Waals surface area contributed by atoms with E-state index in [0.29, 0.717) is 0 Å². The standard InChI is InChI=1S/C17H23NO3/c1-9-14(10(2)19)12-7-11(16(20)21)8-13(17(3,4)5)15(12)18(9)6/h7-8,10,19H,1-6H3,(H,20,21). The number of hydrogen-bond acceptors (Lipinski definition) is 2. The number of fused-ring (bicyclic) bond motifs is 1. The summed E-state index contributed by atoms with van der Waals surface area (Å²) in [6.07, 6.45) is -0.634. The van der Waals surface area contributed by atoms with Gasteiger partial charge in [-0.05, 0) is 37.0 Å². The predicted octanol–water partition coefficient (Wildman–Crippen LogP) is 3.54. The molecule has 0 aliphatic carbocycles. The van der Waals surface area contributed by atoms with Gasteiger partial charge < -0.3 is 14.8 Å². The van der Waals surface area contributed by atoms with Gasteiger partial charge in [0.15, 0.2) is 0 Å². The number of carboxylic acids is 1. The van der Waals surface area contributed by atoms with Gasteiger partial charge in [0.2, 0.25) is 0 Å². The Morgan fingerprint density at radius 1 is 1.29 bits per heavy atom. The Kier molecular flexibility index (Phi) is 3.62. The number of rotatable bonds is 2. The van der Waals surface area contributed by atoms with Crippen LogP contribution in [-0.2, 0) is 12.5 Å². The Morgan fingerprint density at radius 2 is 1.86 bits per heavy atom. The fourth-order valence-electron chi connectivity index (χ4n) is 2.97. The first-order chi connectivity index (χ1) is 9.55. The zero-order valence-corrected chi connectivity index (χ0v) is 13.5. The third-order valence-corrected chi connectivity index (χ3v) is 4.10. The van der Waals surface area contributed by atoms with Crippen LogP contribution >= 0.6 is 0 Å². The number of nitrogens with zero attached hydrogens (tertiary/aromatic N) is 1. The van der Waals surface area contributed by atoms with Gasteiger partial charge in [-0.1, -0.05) is 20.8 Å². The summed E-state index contributed by atoms with van der Waals surface area (Å²) in [6, 6.07) is 3.41. The SMILES string of the molecule is Cc1c(C(C)O)c2cc(C(=O)O)cc(C(C)(C)C)c2n1C. The quantitative estimate of drug-likeness (QED) is 0.889. The van der Waals surface area contributed by atoms with Gasteiger partial charge in [-0.2, -0.15) is 0 Å². The molecule has 0 radical (unpaired) electrons. The highest BCUT2D eigenvalue weighted by molar-refractivity contribution is 5.97. The van der Waals surface area contributed by atoms with Crippen molar-refractivity contribution in [3.8, 4) is 0 Å². The lowest BCUT2D eigenvalue weighted by Crippen LogP contribution is -2.14. The lowest BCUT2D eigenvalue weighted by Gasteiger charge is -2.22. The molecule has 2 N–H and O–H groups in total. The number of hydrogen-bond donors (Lipinski definition) is 2. The molecule has 0 aliphatic rings. The zero-order valence-electron chi connectivity index (χ0n) is 13.5. The van der Waals surface area contributed by atoms with Crippen LogP contribution < -0.4 is 0 Å². The molecule has 114 valence electrons. The van der Waals surface area contributed by atoms with Gasteiger partial charge in [0.1, 0.15) is 0 Å². The van der Waals surface area contributed by atoms with Crippen LogP contribution in [0.5, 0.6) is 0 Å². The maximum Gasteiger partial charge on any atom is 0.335 e. The molecule has 1 atom stereocenters. The first-order valence-electron chi connectivity index (χ1n) is 7.10. The Bertz CT molecular complexity index is 718. The van der Waals surface area contributed by atoms with Gasteiger partial charge in [0, 0.05) is 23.7 Å². The molecule has 2 rings (SSSR count). The number of carboxylic acid groups (broad SMARTS) is 1. The maximum absolute atomic E-state index is 11.4. The highest BCUT2D eigenvalue weighted by Crippen LogP contribution is 2.37. The second kappa shape index (κ2) is 4.88. The summed E-state index contributed by atoms with van der Waals surface area (Å²) in [6.45, 7) is 9.87. The summed E-state index contributed by atoms with van der Waals surface area (Å²) >= 11 is 0. The number of aliphatic hydroxyl groups excluding tert-OH is 1. The smallest absolute Gasteiger partial charge is 0.335 e. The molecule has 0 saturated carbocycles. The first kappa shape index (κ1) is 15.6. The number of carbonyl (C=O) groups is 1. The fraction of sp³-hybridized carbons (Fsp3) is 0.471. The molecule has 1 unspecified atom stereocenters. The van der Waals surface area contributed by atoms with Crippen LogP contribution in [0.3, 0.4) is 0 Å². The molecule has 2 aromatic rings. The molecule has 0 saturated heterocycles. The Labute approximate surface area is 125 Å². The minimum atomic E-state index is -0.944. The maximum atomic E-state index is 11.4. The number of aryl methyl sites for hydroxylation is 1. The van der Waals surface area contributed by atoms with Crippen molar-refractivity contribution >= 4 is 16.9 Å². The normalized spacial score (nSPS) is 13.7. The van der Waals surface area contributed by atoms with E-state index in [4.69, 9.17) is 0 Å². The van der Waals surface area contributed by atoms with Crippen molar-refractivity contribution in [2.45, 2.75) is 46.1 Å². The molecule has 1 heterocycles. The molecular weight excluding hydrogens is 266 g/mol. The Morgan fingerprint density at radius 3 is 2.29 bits per heavy atom. The predicted molar refractivity (Wildman–Crippen MR) is 83.9 cm³/mol. The molecule has 1 aromatic carbocycles. The van der Waals surface area contributed by atoms with E-state index in [2.05, 4.69) is 20.8 Å². The van der Waals surface area contributed by atoms with Crippen molar-refractivity contribution < 1.29 is 15.0 Å². The second-order valence-corrected chi connectivity index (χ2v) is 6.71. The topological polar surface area (TPSA) is 62.5 Å². The highest BCUT2D eigenvalue weighted by Gasteiger charge is 2.25. The van der Waals surface area contributed by atoms with Gasteiger partial charge in [-0.15, -0.1) is 0 Å². The van der Waals surface area contributed by atoms with E-state index in [1.54, 1.807) is 19.1 Å². The summed E-state index contributed by atoms with van der Waals surface area (Å²) in [5, 5.41) is 20.3. The summed E-state index contributed by atoms with van der Waals surface area (Å²) in [4.78, 5) is 11.4. The van der Waals surface area contributed by atoms with Crippen molar-refractivity contribution in [3.05, 3.63) is 34.5 Å². The lowest BCUT2D eigenvalue weighted by atomic mass is 9.84. The minimum Gasteiger partial charge on any atom is -0.478 e. The van der Waals surface area contributed by atoms with Crippen LogP contribution in [0.2, 0.25) is 0 Å². The van der Waals surface area contributed by atoms with Crippen LogP contribution in [0.15, 0.2) is 12.1 Å². The van der Waals surface area contributed by atoms with Crippen molar-refractivity contribution in [2.75, 3.05) is 0 Å². The van der Waals surface area contributed by atoms with Gasteiger partial charge in [0.25, 0.3) is 0 Å². The molecule has 4 heteroatoms.